The first kappa shape index (κ1) is 14.5. The lowest BCUT2D eigenvalue weighted by Crippen LogP contribution is -2.23. The molecule has 2 aromatic heterocycles. The highest BCUT2D eigenvalue weighted by atomic mass is 16.5. The Balaban J connectivity index is 2.57. The van der Waals surface area contributed by atoms with E-state index in [0.717, 1.165) is 34.8 Å². The van der Waals surface area contributed by atoms with Crippen LogP contribution in [0.2, 0.25) is 0 Å². The van der Waals surface area contributed by atoms with E-state index in [2.05, 4.69) is 33.6 Å². The van der Waals surface area contributed by atoms with Crippen molar-refractivity contribution in [3.05, 3.63) is 34.9 Å². The number of ether oxygens (including phenoxy) is 1. The van der Waals surface area contributed by atoms with Crippen molar-refractivity contribution in [2.75, 3.05) is 14.2 Å². The largest absolute Gasteiger partial charge is 0.493 e. The quantitative estimate of drug-likeness (QED) is 0.893. The Bertz CT molecular complexity index is 593. The maximum atomic E-state index is 5.41. The number of nitrogens with zero attached hydrogens (tertiary/aromatic N) is 4. The number of aryl methyl sites for hydroxylation is 3. The van der Waals surface area contributed by atoms with E-state index in [-0.39, 0.29) is 6.04 Å². The number of methoxy groups -OCH3 is 1. The monoisotopic (exact) mass is 275 g/mol. The topological polar surface area (TPSA) is 64.9 Å². The minimum absolute atomic E-state index is 0.0263. The number of hydrogen-bond donors (Lipinski definition) is 1. The van der Waals surface area contributed by atoms with Crippen molar-refractivity contribution in [1.82, 2.24) is 25.3 Å². The smallest absolute Gasteiger partial charge is 0.161 e. The van der Waals surface area contributed by atoms with Gasteiger partial charge in [0.05, 0.1) is 30.7 Å². The maximum absolute atomic E-state index is 5.41. The molecule has 6 nitrogen and oxygen atoms in total. The molecule has 1 N–H and O–H groups in total. The molecule has 1 atom stereocenters. The molecule has 0 radical (unpaired) electrons. The highest BCUT2D eigenvalue weighted by Gasteiger charge is 2.24. The minimum Gasteiger partial charge on any atom is -0.493 e. The average molecular weight is 275 g/mol. The normalized spacial score (nSPS) is 12.4. The molecule has 0 spiro atoms. The molecule has 0 aliphatic rings. The van der Waals surface area contributed by atoms with E-state index in [0.29, 0.717) is 0 Å². The van der Waals surface area contributed by atoms with Crippen LogP contribution in [0.15, 0.2) is 12.3 Å². The van der Waals surface area contributed by atoms with Gasteiger partial charge in [-0.1, -0.05) is 6.92 Å². The van der Waals surface area contributed by atoms with Gasteiger partial charge in [0.25, 0.3) is 0 Å². The molecular formula is C14H21N5O. The lowest BCUT2D eigenvalue weighted by atomic mass is 10.00. The van der Waals surface area contributed by atoms with Crippen molar-refractivity contribution >= 4 is 0 Å². The highest BCUT2D eigenvalue weighted by Crippen LogP contribution is 2.30. The zero-order valence-electron chi connectivity index (χ0n) is 12.6. The fourth-order valence-corrected chi connectivity index (χ4v) is 2.41. The SMILES string of the molecule is CCc1nnc(C)cc1C(NC)c1c(OC)cnn1C. The zero-order chi connectivity index (χ0) is 14.7. The van der Waals surface area contributed by atoms with Crippen LogP contribution < -0.4 is 10.1 Å². The molecule has 0 bridgehead atoms. The van der Waals surface area contributed by atoms with Crippen molar-refractivity contribution < 1.29 is 4.74 Å². The van der Waals surface area contributed by atoms with Crippen molar-refractivity contribution in [1.29, 1.82) is 0 Å². The minimum atomic E-state index is -0.0263. The van der Waals surface area contributed by atoms with Crippen molar-refractivity contribution in [2.24, 2.45) is 7.05 Å². The number of aromatic nitrogens is 4. The molecule has 0 amide bonds. The van der Waals surface area contributed by atoms with Gasteiger partial charge in [-0.05, 0) is 26.5 Å². The van der Waals surface area contributed by atoms with Crippen LogP contribution in [0.1, 0.15) is 35.6 Å². The molecule has 20 heavy (non-hydrogen) atoms. The number of hydrogen-bond acceptors (Lipinski definition) is 5. The van der Waals surface area contributed by atoms with Gasteiger partial charge in [0.15, 0.2) is 5.75 Å². The molecule has 108 valence electrons. The molecule has 1 unspecified atom stereocenters. The molecule has 0 aromatic carbocycles. The summed E-state index contributed by atoms with van der Waals surface area (Å²) in [6.45, 7) is 4.03. The molecule has 0 aliphatic heterocycles. The summed E-state index contributed by atoms with van der Waals surface area (Å²) >= 11 is 0. The first-order chi connectivity index (χ1) is 9.62. The summed E-state index contributed by atoms with van der Waals surface area (Å²) < 4.78 is 7.24. The second kappa shape index (κ2) is 6.00. The Labute approximate surface area is 119 Å². The van der Waals surface area contributed by atoms with Gasteiger partial charge in [-0.2, -0.15) is 15.3 Å². The van der Waals surface area contributed by atoms with Crippen molar-refractivity contribution in [2.45, 2.75) is 26.3 Å². The van der Waals surface area contributed by atoms with E-state index < -0.39 is 0 Å². The van der Waals surface area contributed by atoms with Gasteiger partial charge in [0.1, 0.15) is 5.69 Å². The van der Waals surface area contributed by atoms with E-state index in [4.69, 9.17) is 4.74 Å². The molecule has 2 aromatic rings. The van der Waals surface area contributed by atoms with E-state index >= 15 is 0 Å². The van der Waals surface area contributed by atoms with Gasteiger partial charge in [-0.15, -0.1) is 0 Å². The fraction of sp³-hybridized carbons (Fsp3) is 0.500. The van der Waals surface area contributed by atoms with Gasteiger partial charge in [-0.25, -0.2) is 0 Å². The average Bonchev–Trinajstić information content (AvgIpc) is 2.82. The third kappa shape index (κ3) is 2.51. The number of nitrogens with one attached hydrogen (secondary N) is 1. The standard InChI is InChI=1S/C14H21N5O/c1-6-11-10(7-9(2)17-18-11)13(15-3)14-12(20-5)8-16-19(14)4/h7-8,13,15H,6H2,1-5H3. The molecule has 6 heteroatoms. The predicted octanol–water partition coefficient (Wildman–Crippen LogP) is 1.40. The van der Waals surface area contributed by atoms with E-state index in [9.17, 15) is 0 Å². The van der Waals surface area contributed by atoms with Gasteiger partial charge >= 0.3 is 0 Å². The van der Waals surface area contributed by atoms with Gasteiger partial charge in [0.2, 0.25) is 0 Å². The zero-order valence-corrected chi connectivity index (χ0v) is 12.6. The molecule has 2 rings (SSSR count). The third-order valence-electron chi connectivity index (χ3n) is 3.40. The maximum Gasteiger partial charge on any atom is 0.161 e. The van der Waals surface area contributed by atoms with Crippen LogP contribution in [0, 0.1) is 6.92 Å². The summed E-state index contributed by atoms with van der Waals surface area (Å²) in [6.07, 6.45) is 2.56. The van der Waals surface area contributed by atoms with Crippen LogP contribution in [0.3, 0.4) is 0 Å². The Morgan fingerprint density at radius 3 is 2.75 bits per heavy atom. The summed E-state index contributed by atoms with van der Waals surface area (Å²) in [7, 11) is 5.49. The second-order valence-electron chi connectivity index (χ2n) is 4.68. The summed E-state index contributed by atoms with van der Waals surface area (Å²) in [6, 6.07) is 2.04. The summed E-state index contributed by atoms with van der Waals surface area (Å²) in [5.41, 5.74) is 3.98. The molecule has 0 saturated carbocycles. The van der Waals surface area contributed by atoms with Crippen molar-refractivity contribution in [3.8, 4) is 5.75 Å². The van der Waals surface area contributed by atoms with Crippen LogP contribution in [-0.2, 0) is 13.5 Å². The number of rotatable bonds is 5. The Kier molecular flexibility index (Phi) is 4.34. The summed E-state index contributed by atoms with van der Waals surface area (Å²) in [5, 5.41) is 16.0. The van der Waals surface area contributed by atoms with E-state index in [1.165, 1.54) is 0 Å². The molecule has 0 fully saturated rings. The third-order valence-corrected chi connectivity index (χ3v) is 3.40. The first-order valence-electron chi connectivity index (χ1n) is 6.68. The van der Waals surface area contributed by atoms with Crippen LogP contribution in [-0.4, -0.2) is 34.1 Å². The highest BCUT2D eigenvalue weighted by molar-refractivity contribution is 5.38. The summed E-state index contributed by atoms with van der Waals surface area (Å²) in [5.74, 6) is 0.767. The van der Waals surface area contributed by atoms with Crippen LogP contribution >= 0.6 is 0 Å². The van der Waals surface area contributed by atoms with Crippen LogP contribution in [0.4, 0.5) is 0 Å². The molecule has 0 saturated heterocycles. The fourth-order valence-electron chi connectivity index (χ4n) is 2.41. The lowest BCUT2D eigenvalue weighted by molar-refractivity contribution is 0.402. The van der Waals surface area contributed by atoms with Crippen molar-refractivity contribution in [3.63, 3.8) is 0 Å². The molecule has 0 aliphatic carbocycles. The van der Waals surface area contributed by atoms with E-state index in [1.807, 2.05) is 25.7 Å². The summed E-state index contributed by atoms with van der Waals surface area (Å²) in [4.78, 5) is 0. The predicted molar refractivity (Wildman–Crippen MR) is 76.8 cm³/mol. The van der Waals surface area contributed by atoms with Gasteiger partial charge < -0.3 is 10.1 Å². The Morgan fingerprint density at radius 2 is 2.15 bits per heavy atom. The lowest BCUT2D eigenvalue weighted by Gasteiger charge is -2.20. The van der Waals surface area contributed by atoms with Crippen LogP contribution in [0.5, 0.6) is 5.75 Å². The second-order valence-corrected chi connectivity index (χ2v) is 4.68. The molecule has 2 heterocycles. The van der Waals surface area contributed by atoms with E-state index in [1.54, 1.807) is 13.3 Å². The van der Waals surface area contributed by atoms with Gasteiger partial charge in [-0.3, -0.25) is 4.68 Å². The van der Waals surface area contributed by atoms with Crippen LogP contribution in [0.25, 0.3) is 0 Å². The Morgan fingerprint density at radius 1 is 1.40 bits per heavy atom. The molecular weight excluding hydrogens is 254 g/mol. The van der Waals surface area contributed by atoms with Gasteiger partial charge in [0, 0.05) is 12.6 Å². The first-order valence-corrected chi connectivity index (χ1v) is 6.68. The Hall–Kier alpha value is -1.95.